The van der Waals surface area contributed by atoms with Gasteiger partial charge >= 0.3 is 0 Å². The normalized spacial score (nSPS) is 18.0. The molecule has 1 N–H and O–H groups in total. The predicted octanol–water partition coefficient (Wildman–Crippen LogP) is 5.00. The Labute approximate surface area is 178 Å². The highest BCUT2D eigenvalue weighted by atomic mass is 35.5. The van der Waals surface area contributed by atoms with E-state index in [1.807, 2.05) is 6.07 Å². The number of hydrogen-bond acceptors (Lipinski definition) is 3. The molecule has 1 amide bonds. The third-order valence-corrected chi connectivity index (χ3v) is 5.54. The molecule has 6 heteroatoms. The summed E-state index contributed by atoms with van der Waals surface area (Å²) in [6, 6.07) is 20.6. The van der Waals surface area contributed by atoms with Crippen LogP contribution in [0.25, 0.3) is 0 Å². The lowest BCUT2D eigenvalue weighted by Gasteiger charge is -2.23. The van der Waals surface area contributed by atoms with Gasteiger partial charge in [0.15, 0.2) is 11.4 Å². The van der Waals surface area contributed by atoms with Gasteiger partial charge in [0.1, 0.15) is 0 Å². The predicted molar refractivity (Wildman–Crippen MR) is 113 cm³/mol. The molecule has 4 rings (SSSR count). The molecule has 0 saturated carbocycles. The number of Topliss-reactive ketones (excluding diaryl/α,β-unsaturated/α-hetero) is 1. The topological polar surface area (TPSA) is 57.6 Å². The zero-order chi connectivity index (χ0) is 20.6. The fourth-order valence-electron chi connectivity index (χ4n) is 3.62. The number of anilines is 1. The van der Waals surface area contributed by atoms with Crippen LogP contribution in [0.5, 0.6) is 0 Å². The largest absolute Gasteiger partial charge is 0.375 e. The SMILES string of the molecule is O=C(CC1(O)C(=O)N(Cc2cccc(Cl)c2)c2ccccc21)c1ccc(Cl)cc1. The van der Waals surface area contributed by atoms with Gasteiger partial charge in [-0.1, -0.05) is 53.5 Å². The lowest BCUT2D eigenvalue weighted by Crippen LogP contribution is -2.41. The summed E-state index contributed by atoms with van der Waals surface area (Å²) in [5.74, 6) is -0.863. The fourth-order valence-corrected chi connectivity index (χ4v) is 3.96. The van der Waals surface area contributed by atoms with Gasteiger partial charge in [0.25, 0.3) is 5.91 Å². The van der Waals surface area contributed by atoms with Crippen molar-refractivity contribution in [1.82, 2.24) is 0 Å². The second kappa shape index (κ2) is 7.64. The number of hydrogen-bond donors (Lipinski definition) is 1. The average molecular weight is 426 g/mol. The maximum absolute atomic E-state index is 13.3. The van der Waals surface area contributed by atoms with Gasteiger partial charge in [0.05, 0.1) is 18.7 Å². The summed E-state index contributed by atoms with van der Waals surface area (Å²) in [6.45, 7) is 0.244. The molecule has 3 aromatic carbocycles. The molecule has 0 spiro atoms. The summed E-state index contributed by atoms with van der Waals surface area (Å²) < 4.78 is 0. The van der Waals surface area contributed by atoms with Gasteiger partial charge in [-0.2, -0.15) is 0 Å². The van der Waals surface area contributed by atoms with Crippen LogP contribution in [0.2, 0.25) is 10.0 Å². The smallest absolute Gasteiger partial charge is 0.264 e. The van der Waals surface area contributed by atoms with Crippen LogP contribution in [0.1, 0.15) is 27.9 Å². The van der Waals surface area contributed by atoms with Crippen molar-refractivity contribution in [3.05, 3.63) is 99.5 Å². The zero-order valence-electron chi connectivity index (χ0n) is 15.3. The van der Waals surface area contributed by atoms with Crippen LogP contribution in [-0.2, 0) is 16.9 Å². The molecule has 0 fully saturated rings. The van der Waals surface area contributed by atoms with E-state index in [-0.39, 0.29) is 18.7 Å². The molecule has 0 radical (unpaired) electrons. The van der Waals surface area contributed by atoms with Crippen LogP contribution < -0.4 is 4.90 Å². The van der Waals surface area contributed by atoms with Crippen molar-refractivity contribution in [2.75, 3.05) is 4.90 Å². The first-order valence-electron chi connectivity index (χ1n) is 9.05. The summed E-state index contributed by atoms with van der Waals surface area (Å²) in [7, 11) is 0. The summed E-state index contributed by atoms with van der Waals surface area (Å²) in [6.07, 6.45) is -0.351. The van der Waals surface area contributed by atoms with Crippen molar-refractivity contribution in [3.8, 4) is 0 Å². The summed E-state index contributed by atoms with van der Waals surface area (Å²) in [5.41, 5.74) is 0.305. The molecule has 146 valence electrons. The van der Waals surface area contributed by atoms with Crippen LogP contribution in [0.15, 0.2) is 72.8 Å². The molecule has 1 heterocycles. The number of aliphatic hydroxyl groups is 1. The maximum Gasteiger partial charge on any atom is 0.264 e. The van der Waals surface area contributed by atoms with Crippen molar-refractivity contribution in [3.63, 3.8) is 0 Å². The van der Waals surface area contributed by atoms with E-state index in [1.165, 1.54) is 4.90 Å². The van der Waals surface area contributed by atoms with Gasteiger partial charge in [-0.25, -0.2) is 0 Å². The van der Waals surface area contributed by atoms with Crippen LogP contribution >= 0.6 is 23.2 Å². The second-order valence-corrected chi connectivity index (χ2v) is 7.88. The summed E-state index contributed by atoms with van der Waals surface area (Å²) in [4.78, 5) is 27.6. The Kier molecular flexibility index (Phi) is 5.17. The van der Waals surface area contributed by atoms with Gasteiger partial charge in [-0.3, -0.25) is 9.59 Å². The standard InChI is InChI=1S/C23H17Cl2NO3/c24-17-10-8-16(9-11-17)21(27)13-23(29)19-6-1-2-7-20(19)26(22(23)28)14-15-4-3-5-18(25)12-15/h1-12,29H,13-14H2. The minimum Gasteiger partial charge on any atom is -0.375 e. The van der Waals surface area contributed by atoms with Crippen LogP contribution in [0.3, 0.4) is 0 Å². The number of ketones is 1. The fraction of sp³-hybridized carbons (Fsp3) is 0.130. The third-order valence-electron chi connectivity index (χ3n) is 5.05. The number of halogens is 2. The molecule has 1 aliphatic rings. The lowest BCUT2D eigenvalue weighted by molar-refractivity contribution is -0.136. The molecule has 3 aromatic rings. The third kappa shape index (κ3) is 3.67. The second-order valence-electron chi connectivity index (χ2n) is 7.01. The van der Waals surface area contributed by atoms with E-state index >= 15 is 0 Å². The minimum atomic E-state index is -1.92. The van der Waals surface area contributed by atoms with Crippen molar-refractivity contribution in [2.24, 2.45) is 0 Å². The van der Waals surface area contributed by atoms with Gasteiger partial charge in [-0.05, 0) is 48.0 Å². The van der Waals surface area contributed by atoms with E-state index in [4.69, 9.17) is 23.2 Å². The Morgan fingerprint density at radius 3 is 2.38 bits per heavy atom. The number of carbonyl (C=O) groups is 2. The quantitative estimate of drug-likeness (QED) is 0.585. The monoisotopic (exact) mass is 425 g/mol. The van der Waals surface area contributed by atoms with Crippen molar-refractivity contribution in [1.29, 1.82) is 0 Å². The minimum absolute atomic E-state index is 0.244. The van der Waals surface area contributed by atoms with Crippen molar-refractivity contribution in [2.45, 2.75) is 18.6 Å². The molecule has 1 unspecified atom stereocenters. The van der Waals surface area contributed by atoms with Crippen LogP contribution in [0, 0.1) is 0 Å². The van der Waals surface area contributed by atoms with Crippen molar-refractivity contribution >= 4 is 40.6 Å². The van der Waals surface area contributed by atoms with Crippen LogP contribution in [-0.4, -0.2) is 16.8 Å². The number of nitrogens with zero attached hydrogens (tertiary/aromatic N) is 1. The van der Waals surface area contributed by atoms with Crippen molar-refractivity contribution < 1.29 is 14.7 Å². The molecule has 0 bridgehead atoms. The van der Waals surface area contributed by atoms with E-state index in [9.17, 15) is 14.7 Å². The molecule has 0 saturated heterocycles. The average Bonchev–Trinajstić information content (AvgIpc) is 2.91. The van der Waals surface area contributed by atoms with Crippen LogP contribution in [0.4, 0.5) is 5.69 Å². The number of carbonyl (C=O) groups excluding carboxylic acids is 2. The van der Waals surface area contributed by atoms with E-state index < -0.39 is 11.5 Å². The van der Waals surface area contributed by atoms with Gasteiger partial charge in [-0.15, -0.1) is 0 Å². The van der Waals surface area contributed by atoms with Gasteiger partial charge in [0, 0.05) is 21.2 Å². The van der Waals surface area contributed by atoms with E-state index in [2.05, 4.69) is 0 Å². The zero-order valence-corrected chi connectivity index (χ0v) is 16.8. The Morgan fingerprint density at radius 2 is 1.66 bits per heavy atom. The van der Waals surface area contributed by atoms with E-state index in [1.54, 1.807) is 66.7 Å². The summed E-state index contributed by atoms with van der Waals surface area (Å²) >= 11 is 11.9. The van der Waals surface area contributed by atoms with E-state index in [0.717, 1.165) is 5.56 Å². The molecular formula is C23H17Cl2NO3. The lowest BCUT2D eigenvalue weighted by atomic mass is 9.88. The maximum atomic E-state index is 13.3. The molecule has 1 aliphatic heterocycles. The van der Waals surface area contributed by atoms with E-state index in [0.29, 0.717) is 26.9 Å². The molecule has 0 aliphatic carbocycles. The Hall–Kier alpha value is -2.66. The Balaban J connectivity index is 1.67. The number of fused-ring (bicyclic) bond motifs is 1. The first-order chi connectivity index (χ1) is 13.9. The number of amides is 1. The van der Waals surface area contributed by atoms with Gasteiger partial charge in [0.2, 0.25) is 0 Å². The highest BCUT2D eigenvalue weighted by molar-refractivity contribution is 6.31. The first-order valence-corrected chi connectivity index (χ1v) is 9.81. The highest BCUT2D eigenvalue weighted by Gasteiger charge is 2.50. The Bertz CT molecular complexity index is 1100. The molecular weight excluding hydrogens is 409 g/mol. The first kappa shape index (κ1) is 19.6. The Morgan fingerprint density at radius 1 is 0.931 bits per heavy atom. The highest BCUT2D eigenvalue weighted by Crippen LogP contribution is 2.43. The molecule has 0 aromatic heterocycles. The number of benzene rings is 3. The number of rotatable bonds is 5. The van der Waals surface area contributed by atoms with Gasteiger partial charge < -0.3 is 10.0 Å². The molecule has 1 atom stereocenters. The number of para-hydroxylation sites is 1. The molecule has 4 nitrogen and oxygen atoms in total. The molecule has 29 heavy (non-hydrogen) atoms. The summed E-state index contributed by atoms with van der Waals surface area (Å²) in [5, 5.41) is 12.4.